The molecule has 0 bridgehead atoms. The largest absolute Gasteiger partial charge is 0.480 e. The van der Waals surface area contributed by atoms with Crippen molar-refractivity contribution in [3.63, 3.8) is 0 Å². The van der Waals surface area contributed by atoms with Crippen LogP contribution in [-0.4, -0.2) is 51.6 Å². The van der Waals surface area contributed by atoms with Crippen molar-refractivity contribution in [1.82, 2.24) is 9.80 Å². The van der Waals surface area contributed by atoms with Crippen molar-refractivity contribution in [2.24, 2.45) is 0 Å². The number of thioether (sulfide) groups is 1. The van der Waals surface area contributed by atoms with Crippen LogP contribution in [0.2, 0.25) is 0 Å². The highest BCUT2D eigenvalue weighted by molar-refractivity contribution is 9.10. The Bertz CT molecular complexity index is 494. The summed E-state index contributed by atoms with van der Waals surface area (Å²) in [5, 5.41) is 11.0. The highest BCUT2D eigenvalue weighted by Crippen LogP contribution is 2.24. The average molecular weight is 365 g/mol. The summed E-state index contributed by atoms with van der Waals surface area (Å²) in [6.45, 7) is 0.489. The Morgan fingerprint density at radius 3 is 2.95 bits per heavy atom. The molecule has 5 nitrogen and oxygen atoms in total. The quantitative estimate of drug-likeness (QED) is 0.894. The van der Waals surface area contributed by atoms with Gasteiger partial charge in [0.25, 0.3) is 0 Å². The second kappa shape index (κ2) is 6.15. The number of hydrogen-bond acceptors (Lipinski definition) is 4. The van der Waals surface area contributed by atoms with Crippen LogP contribution in [0.4, 0.5) is 4.79 Å². The third kappa shape index (κ3) is 3.43. The second-order valence-electron chi connectivity index (χ2n) is 4.19. The van der Waals surface area contributed by atoms with Gasteiger partial charge in [0.05, 0.1) is 12.4 Å². The van der Waals surface area contributed by atoms with E-state index in [0.29, 0.717) is 18.2 Å². The monoisotopic (exact) mass is 364 g/mol. The Morgan fingerprint density at radius 1 is 1.63 bits per heavy atom. The molecular weight excluding hydrogens is 352 g/mol. The minimum atomic E-state index is -0.939. The van der Waals surface area contributed by atoms with Crippen LogP contribution >= 0.6 is 39.0 Å². The molecule has 0 aliphatic carbocycles. The van der Waals surface area contributed by atoms with Gasteiger partial charge >= 0.3 is 12.0 Å². The van der Waals surface area contributed by atoms with Crippen molar-refractivity contribution in [1.29, 1.82) is 0 Å². The van der Waals surface area contributed by atoms with Crippen molar-refractivity contribution < 1.29 is 14.7 Å². The van der Waals surface area contributed by atoms with Gasteiger partial charge in [-0.15, -0.1) is 23.1 Å². The molecule has 1 fully saturated rings. The highest BCUT2D eigenvalue weighted by atomic mass is 79.9. The fourth-order valence-electron chi connectivity index (χ4n) is 1.79. The molecule has 19 heavy (non-hydrogen) atoms. The van der Waals surface area contributed by atoms with Crippen LogP contribution in [-0.2, 0) is 11.3 Å². The standard InChI is InChI=1S/C11H13BrN2O3S2/c1-13(3-8-2-7(12)4-19-8)11(17)14-6-18-5-9(14)10(15)16/h2,4,9H,3,5-6H2,1H3,(H,15,16). The van der Waals surface area contributed by atoms with E-state index in [1.807, 2.05) is 11.4 Å². The van der Waals surface area contributed by atoms with Gasteiger partial charge in [0.1, 0.15) is 6.04 Å². The lowest BCUT2D eigenvalue weighted by Gasteiger charge is -2.26. The third-order valence-corrected chi connectivity index (χ3v) is 5.45. The summed E-state index contributed by atoms with van der Waals surface area (Å²) < 4.78 is 0.994. The van der Waals surface area contributed by atoms with Crippen molar-refractivity contribution in [3.05, 3.63) is 20.8 Å². The van der Waals surface area contributed by atoms with E-state index in [1.54, 1.807) is 23.3 Å². The molecule has 1 aromatic rings. The molecule has 2 rings (SSSR count). The van der Waals surface area contributed by atoms with E-state index in [1.165, 1.54) is 16.7 Å². The van der Waals surface area contributed by atoms with Crippen LogP contribution in [0.25, 0.3) is 0 Å². The maximum Gasteiger partial charge on any atom is 0.327 e. The number of amides is 2. The number of carbonyl (C=O) groups is 2. The molecule has 1 saturated heterocycles. The number of carbonyl (C=O) groups excluding carboxylic acids is 1. The predicted octanol–water partition coefficient (Wildman–Crippen LogP) is 2.52. The van der Waals surface area contributed by atoms with Gasteiger partial charge < -0.3 is 14.9 Å². The predicted molar refractivity (Wildman–Crippen MR) is 79.5 cm³/mol. The van der Waals surface area contributed by atoms with Crippen LogP contribution in [0.3, 0.4) is 0 Å². The van der Waals surface area contributed by atoms with Crippen molar-refractivity contribution in [2.75, 3.05) is 18.7 Å². The zero-order chi connectivity index (χ0) is 14.0. The summed E-state index contributed by atoms with van der Waals surface area (Å²) in [7, 11) is 1.69. The molecule has 0 aromatic carbocycles. The van der Waals surface area contributed by atoms with Gasteiger partial charge in [-0.3, -0.25) is 0 Å². The van der Waals surface area contributed by atoms with E-state index in [2.05, 4.69) is 15.9 Å². The number of thiophene rings is 1. The Balaban J connectivity index is 2.00. The molecule has 1 aliphatic rings. The van der Waals surface area contributed by atoms with Gasteiger partial charge in [-0.25, -0.2) is 9.59 Å². The maximum atomic E-state index is 12.2. The Morgan fingerprint density at radius 2 is 2.37 bits per heavy atom. The first kappa shape index (κ1) is 14.7. The molecule has 1 aromatic heterocycles. The second-order valence-corrected chi connectivity index (χ2v) is 7.10. The van der Waals surface area contributed by atoms with Gasteiger partial charge in [-0.2, -0.15) is 0 Å². The van der Waals surface area contributed by atoms with E-state index in [-0.39, 0.29) is 6.03 Å². The zero-order valence-corrected chi connectivity index (χ0v) is 13.4. The highest BCUT2D eigenvalue weighted by Gasteiger charge is 2.35. The first-order valence-electron chi connectivity index (χ1n) is 5.54. The first-order valence-corrected chi connectivity index (χ1v) is 8.37. The number of halogens is 1. The van der Waals surface area contributed by atoms with Gasteiger partial charge in [0.15, 0.2) is 0 Å². The topological polar surface area (TPSA) is 60.9 Å². The molecule has 0 spiro atoms. The fourth-order valence-corrected chi connectivity index (χ4v) is 4.43. The molecule has 2 amide bonds. The number of carboxylic acids is 1. The van der Waals surface area contributed by atoms with Crippen molar-refractivity contribution in [3.8, 4) is 0 Å². The lowest BCUT2D eigenvalue weighted by molar-refractivity contribution is -0.140. The minimum absolute atomic E-state index is 0.234. The van der Waals surface area contributed by atoms with E-state index in [0.717, 1.165) is 9.35 Å². The smallest absolute Gasteiger partial charge is 0.327 e. The summed E-state index contributed by atoms with van der Waals surface area (Å²) in [5.74, 6) is -0.0427. The number of rotatable bonds is 3. The molecule has 1 N–H and O–H groups in total. The van der Waals surface area contributed by atoms with Crippen LogP contribution in [0, 0.1) is 0 Å². The molecule has 104 valence electrons. The summed E-state index contributed by atoms with van der Waals surface area (Å²) in [6, 6.07) is 1.01. The number of aliphatic carboxylic acids is 1. The zero-order valence-electron chi connectivity index (χ0n) is 10.2. The van der Waals surface area contributed by atoms with E-state index < -0.39 is 12.0 Å². The lowest BCUT2D eigenvalue weighted by atomic mass is 10.3. The number of carboxylic acid groups (broad SMARTS) is 1. The number of urea groups is 1. The van der Waals surface area contributed by atoms with Crippen LogP contribution in [0.1, 0.15) is 4.88 Å². The summed E-state index contributed by atoms with van der Waals surface area (Å²) in [4.78, 5) is 27.3. The van der Waals surface area contributed by atoms with Crippen molar-refractivity contribution >= 4 is 51.0 Å². The Labute approximate surface area is 127 Å². The Hall–Kier alpha value is -0.730. The van der Waals surface area contributed by atoms with Crippen molar-refractivity contribution in [2.45, 2.75) is 12.6 Å². The maximum absolute atomic E-state index is 12.2. The van der Waals surface area contributed by atoms with E-state index >= 15 is 0 Å². The van der Waals surface area contributed by atoms with Crippen LogP contribution < -0.4 is 0 Å². The van der Waals surface area contributed by atoms with Crippen LogP contribution in [0.15, 0.2) is 15.9 Å². The molecule has 1 unspecified atom stereocenters. The van der Waals surface area contributed by atoms with Gasteiger partial charge in [-0.1, -0.05) is 0 Å². The molecule has 8 heteroatoms. The molecular formula is C11H13BrN2O3S2. The summed E-state index contributed by atoms with van der Waals surface area (Å²) >= 11 is 6.40. The molecule has 2 heterocycles. The fraction of sp³-hybridized carbons (Fsp3) is 0.455. The minimum Gasteiger partial charge on any atom is -0.480 e. The molecule has 1 atom stereocenters. The van der Waals surface area contributed by atoms with Gasteiger partial charge in [0.2, 0.25) is 0 Å². The number of nitrogens with zero attached hydrogens (tertiary/aromatic N) is 2. The van der Waals surface area contributed by atoms with E-state index in [4.69, 9.17) is 5.11 Å². The first-order chi connectivity index (χ1) is 8.99. The van der Waals surface area contributed by atoms with Gasteiger partial charge in [-0.05, 0) is 22.0 Å². The van der Waals surface area contributed by atoms with Crippen LogP contribution in [0.5, 0.6) is 0 Å². The molecule has 0 radical (unpaired) electrons. The molecule has 1 aliphatic heterocycles. The van der Waals surface area contributed by atoms with Gasteiger partial charge in [0, 0.05) is 27.5 Å². The third-order valence-electron chi connectivity index (χ3n) is 2.75. The Kier molecular flexibility index (Phi) is 4.75. The average Bonchev–Trinajstić information content (AvgIpc) is 2.97. The normalized spacial score (nSPS) is 18.6. The summed E-state index contributed by atoms with van der Waals surface area (Å²) in [5.41, 5.74) is 0. The molecule has 0 saturated carbocycles. The lowest BCUT2D eigenvalue weighted by Crippen LogP contribution is -2.47. The van der Waals surface area contributed by atoms with E-state index in [9.17, 15) is 9.59 Å². The number of hydrogen-bond donors (Lipinski definition) is 1. The SMILES string of the molecule is CN(Cc1cc(Br)cs1)C(=O)N1CSCC1C(=O)O. The summed E-state index contributed by atoms with van der Waals surface area (Å²) in [6.07, 6.45) is 0.